The van der Waals surface area contributed by atoms with Gasteiger partial charge in [0, 0.05) is 24.9 Å². The Hall–Kier alpha value is -0.680. The summed E-state index contributed by atoms with van der Waals surface area (Å²) < 4.78 is 5.70. The molecule has 5 heteroatoms. The lowest BCUT2D eigenvalue weighted by Crippen LogP contribution is -2.44. The summed E-state index contributed by atoms with van der Waals surface area (Å²) in [5.41, 5.74) is 1.50. The molecular weight excluding hydrogens is 270 g/mol. The highest BCUT2D eigenvalue weighted by molar-refractivity contribution is 8.00. The molecular formula is C15H27N3OS. The Kier molecular flexibility index (Phi) is 6.23. The van der Waals surface area contributed by atoms with Crippen molar-refractivity contribution in [3.63, 3.8) is 0 Å². The van der Waals surface area contributed by atoms with Crippen LogP contribution >= 0.6 is 11.8 Å². The summed E-state index contributed by atoms with van der Waals surface area (Å²) in [6.45, 7) is 5.92. The number of guanidine groups is 1. The largest absolute Gasteiger partial charge is 0.377 e. The third-order valence-electron chi connectivity index (χ3n) is 3.95. The minimum Gasteiger partial charge on any atom is -0.377 e. The van der Waals surface area contributed by atoms with E-state index >= 15 is 0 Å². The van der Waals surface area contributed by atoms with E-state index in [0.717, 1.165) is 45.1 Å². The van der Waals surface area contributed by atoms with Gasteiger partial charge in [-0.05, 0) is 38.4 Å². The Labute approximate surface area is 126 Å². The van der Waals surface area contributed by atoms with Crippen LogP contribution in [0.2, 0.25) is 0 Å². The van der Waals surface area contributed by atoms with E-state index in [0.29, 0.717) is 4.75 Å². The number of thioether (sulfide) groups is 1. The zero-order chi connectivity index (χ0) is 14.3. The first-order chi connectivity index (χ1) is 9.72. The van der Waals surface area contributed by atoms with E-state index in [-0.39, 0.29) is 0 Å². The molecule has 2 heterocycles. The molecule has 4 nitrogen and oxygen atoms in total. The number of hydrogen-bond donors (Lipinski definition) is 2. The predicted octanol–water partition coefficient (Wildman–Crippen LogP) is 2.17. The molecule has 0 saturated carbocycles. The van der Waals surface area contributed by atoms with Gasteiger partial charge in [-0.15, -0.1) is 0 Å². The molecule has 2 N–H and O–H groups in total. The molecule has 2 rings (SSSR count). The topological polar surface area (TPSA) is 45.7 Å². The molecule has 0 aliphatic carbocycles. The second kappa shape index (κ2) is 7.93. The summed E-state index contributed by atoms with van der Waals surface area (Å²) >= 11 is 2.08. The second-order valence-electron chi connectivity index (χ2n) is 5.69. The molecule has 1 saturated heterocycles. The molecule has 2 aliphatic heterocycles. The lowest BCUT2D eigenvalue weighted by atomic mass is 10.1. The first kappa shape index (κ1) is 15.7. The molecule has 0 amide bonds. The lowest BCUT2D eigenvalue weighted by molar-refractivity contribution is 0.153. The zero-order valence-corrected chi connectivity index (χ0v) is 13.5. The fourth-order valence-corrected chi connectivity index (χ4v) is 3.85. The molecule has 1 unspecified atom stereocenters. The first-order valence-electron chi connectivity index (χ1n) is 7.56. The van der Waals surface area contributed by atoms with Crippen molar-refractivity contribution in [3.05, 3.63) is 11.6 Å². The maximum absolute atomic E-state index is 5.32. The third kappa shape index (κ3) is 5.02. The average Bonchev–Trinajstić information content (AvgIpc) is 2.91. The van der Waals surface area contributed by atoms with Gasteiger partial charge in [-0.2, -0.15) is 11.8 Å². The lowest BCUT2D eigenvalue weighted by Gasteiger charge is -2.24. The van der Waals surface area contributed by atoms with E-state index in [9.17, 15) is 0 Å². The van der Waals surface area contributed by atoms with Crippen LogP contribution in [0.15, 0.2) is 16.6 Å². The van der Waals surface area contributed by atoms with Gasteiger partial charge >= 0.3 is 0 Å². The number of aliphatic imine (C=N–C) groups is 1. The van der Waals surface area contributed by atoms with Crippen LogP contribution in [-0.2, 0) is 4.74 Å². The summed E-state index contributed by atoms with van der Waals surface area (Å²) in [4.78, 5) is 4.30. The van der Waals surface area contributed by atoms with Crippen LogP contribution in [-0.4, -0.2) is 49.8 Å². The van der Waals surface area contributed by atoms with Crippen LogP contribution < -0.4 is 10.6 Å². The van der Waals surface area contributed by atoms with Gasteiger partial charge in [-0.25, -0.2) is 0 Å². The molecule has 0 aromatic heterocycles. The minimum absolute atomic E-state index is 0.376. The Bertz CT molecular complexity index is 362. The van der Waals surface area contributed by atoms with Crippen molar-refractivity contribution in [2.75, 3.05) is 39.1 Å². The highest BCUT2D eigenvalue weighted by Crippen LogP contribution is 2.36. The van der Waals surface area contributed by atoms with Gasteiger partial charge in [0.05, 0.1) is 13.2 Å². The highest BCUT2D eigenvalue weighted by atomic mass is 32.2. The van der Waals surface area contributed by atoms with Crippen LogP contribution in [0.5, 0.6) is 0 Å². The van der Waals surface area contributed by atoms with Gasteiger partial charge in [0.1, 0.15) is 0 Å². The van der Waals surface area contributed by atoms with Crippen molar-refractivity contribution >= 4 is 17.7 Å². The molecule has 0 aromatic rings. The molecule has 2 aliphatic rings. The number of nitrogens with one attached hydrogen (secondary N) is 2. The van der Waals surface area contributed by atoms with Gasteiger partial charge < -0.3 is 15.4 Å². The molecule has 0 spiro atoms. The maximum atomic E-state index is 5.32. The smallest absolute Gasteiger partial charge is 0.191 e. The fraction of sp³-hybridized carbons (Fsp3) is 0.800. The normalized spacial score (nSPS) is 27.3. The van der Waals surface area contributed by atoms with E-state index < -0.39 is 0 Å². The average molecular weight is 297 g/mol. The van der Waals surface area contributed by atoms with E-state index in [2.05, 4.69) is 40.4 Å². The Morgan fingerprint density at radius 2 is 2.40 bits per heavy atom. The molecule has 1 fully saturated rings. The van der Waals surface area contributed by atoms with E-state index in [1.807, 2.05) is 7.05 Å². The Morgan fingerprint density at radius 1 is 1.50 bits per heavy atom. The van der Waals surface area contributed by atoms with Gasteiger partial charge in [0.2, 0.25) is 0 Å². The first-order valence-corrected chi connectivity index (χ1v) is 8.54. The van der Waals surface area contributed by atoms with E-state index in [1.54, 1.807) is 0 Å². The van der Waals surface area contributed by atoms with E-state index in [1.165, 1.54) is 24.2 Å². The fourth-order valence-electron chi connectivity index (χ4n) is 2.60. The van der Waals surface area contributed by atoms with Crippen LogP contribution in [0.3, 0.4) is 0 Å². The number of rotatable bonds is 5. The third-order valence-corrected chi connectivity index (χ3v) is 5.49. The molecule has 0 aromatic carbocycles. The molecule has 114 valence electrons. The van der Waals surface area contributed by atoms with Gasteiger partial charge in [0.25, 0.3) is 0 Å². The van der Waals surface area contributed by atoms with Gasteiger partial charge in [0.15, 0.2) is 5.96 Å². The van der Waals surface area contributed by atoms with Crippen molar-refractivity contribution in [1.29, 1.82) is 0 Å². The summed E-state index contributed by atoms with van der Waals surface area (Å²) in [7, 11) is 1.84. The van der Waals surface area contributed by atoms with Crippen molar-refractivity contribution in [2.45, 2.75) is 37.4 Å². The van der Waals surface area contributed by atoms with Crippen LogP contribution in [0.4, 0.5) is 0 Å². The summed E-state index contributed by atoms with van der Waals surface area (Å²) in [6, 6.07) is 0. The van der Waals surface area contributed by atoms with Crippen LogP contribution in [0.1, 0.15) is 32.6 Å². The number of ether oxygens (including phenoxy) is 1. The minimum atomic E-state index is 0.376. The summed E-state index contributed by atoms with van der Waals surface area (Å²) in [6.07, 6.45) is 7.00. The van der Waals surface area contributed by atoms with Gasteiger partial charge in [-0.3, -0.25) is 4.99 Å². The molecule has 1 atom stereocenters. The summed E-state index contributed by atoms with van der Waals surface area (Å²) in [5.74, 6) is 2.21. The van der Waals surface area contributed by atoms with Crippen molar-refractivity contribution in [2.24, 2.45) is 4.99 Å². The predicted molar refractivity (Wildman–Crippen MR) is 87.6 cm³/mol. The number of hydrogen-bond acceptors (Lipinski definition) is 3. The van der Waals surface area contributed by atoms with Crippen LogP contribution in [0.25, 0.3) is 0 Å². The molecule has 0 radical (unpaired) electrons. The Morgan fingerprint density at radius 3 is 3.05 bits per heavy atom. The Balaban J connectivity index is 1.66. The van der Waals surface area contributed by atoms with Crippen molar-refractivity contribution in [1.82, 2.24) is 10.6 Å². The molecule has 0 bridgehead atoms. The zero-order valence-electron chi connectivity index (χ0n) is 12.7. The van der Waals surface area contributed by atoms with Crippen molar-refractivity contribution in [3.8, 4) is 0 Å². The molecule has 20 heavy (non-hydrogen) atoms. The monoisotopic (exact) mass is 297 g/mol. The highest BCUT2D eigenvalue weighted by Gasteiger charge is 2.29. The maximum Gasteiger partial charge on any atom is 0.191 e. The van der Waals surface area contributed by atoms with E-state index in [4.69, 9.17) is 4.74 Å². The quantitative estimate of drug-likeness (QED) is 0.464. The summed E-state index contributed by atoms with van der Waals surface area (Å²) in [5, 5.41) is 6.87. The van der Waals surface area contributed by atoms with Crippen molar-refractivity contribution < 1.29 is 4.74 Å². The van der Waals surface area contributed by atoms with Crippen LogP contribution in [0, 0.1) is 0 Å². The van der Waals surface area contributed by atoms with Gasteiger partial charge in [-0.1, -0.05) is 11.6 Å². The second-order valence-corrected chi connectivity index (χ2v) is 7.37. The SMILES string of the molecule is CN=C(NCCC1=CCOCC1)NCC1(C)CCCS1. The standard InChI is InChI=1S/C15H27N3OS/c1-15(7-3-11-20-15)12-18-14(16-2)17-8-4-13-5-9-19-10-6-13/h5H,3-4,6-12H2,1-2H3,(H2,16,17,18). The number of nitrogens with zero attached hydrogens (tertiary/aromatic N) is 1.